The van der Waals surface area contributed by atoms with Crippen molar-refractivity contribution in [1.29, 1.82) is 0 Å². The summed E-state index contributed by atoms with van der Waals surface area (Å²) in [5.74, 6) is 0.177. The van der Waals surface area contributed by atoms with Crippen molar-refractivity contribution in [1.82, 2.24) is 9.88 Å². The van der Waals surface area contributed by atoms with Crippen LogP contribution in [0, 0.1) is 0 Å². The fourth-order valence-electron chi connectivity index (χ4n) is 2.95. The Kier molecular flexibility index (Phi) is 3.01. The number of carbonyl (C=O) groups excluding carboxylic acids is 1. The number of phenolic OH excluding ortho intramolecular Hbond substituents is 1. The van der Waals surface area contributed by atoms with Crippen LogP contribution in [-0.4, -0.2) is 22.1 Å². The first kappa shape index (κ1) is 13.2. The van der Waals surface area contributed by atoms with Gasteiger partial charge in [-0.3, -0.25) is 4.79 Å². The summed E-state index contributed by atoms with van der Waals surface area (Å²) in [6, 6.07) is 11.1. The average Bonchev–Trinajstić information content (AvgIpc) is 3.14. The normalized spacial score (nSPS) is 13.7. The lowest BCUT2D eigenvalue weighted by molar-refractivity contribution is 0.0928. The van der Waals surface area contributed by atoms with E-state index in [-0.39, 0.29) is 11.7 Å². The Morgan fingerprint density at radius 2 is 2.09 bits per heavy atom. The first-order valence-corrected chi connectivity index (χ1v) is 8.02. The topological polar surface area (TPSA) is 54.3 Å². The van der Waals surface area contributed by atoms with E-state index in [1.165, 1.54) is 0 Å². The number of hydrogen-bond acceptors (Lipinski definition) is 3. The number of benzene rings is 1. The zero-order valence-electron chi connectivity index (χ0n) is 11.7. The predicted molar refractivity (Wildman–Crippen MR) is 87.2 cm³/mol. The molecule has 0 spiro atoms. The summed E-state index contributed by atoms with van der Waals surface area (Å²) in [5.41, 5.74) is 4.70. The lowest BCUT2D eigenvalue weighted by Crippen LogP contribution is -2.35. The average molecular weight is 310 g/mol. The minimum Gasteiger partial charge on any atom is -0.508 e. The molecule has 22 heavy (non-hydrogen) atoms. The Labute approximate surface area is 131 Å². The molecule has 1 amide bonds. The van der Waals surface area contributed by atoms with Crippen LogP contribution in [0.5, 0.6) is 5.75 Å². The van der Waals surface area contributed by atoms with Crippen molar-refractivity contribution in [2.45, 2.75) is 6.54 Å². The van der Waals surface area contributed by atoms with Gasteiger partial charge in [-0.05, 0) is 35.2 Å². The van der Waals surface area contributed by atoms with Gasteiger partial charge in [-0.1, -0.05) is 12.1 Å². The van der Waals surface area contributed by atoms with Gasteiger partial charge < -0.3 is 15.0 Å². The number of carbonyl (C=O) groups is 1. The molecule has 4 rings (SSSR count). The van der Waals surface area contributed by atoms with Gasteiger partial charge in [0.1, 0.15) is 11.4 Å². The van der Waals surface area contributed by atoms with Gasteiger partial charge in [0.25, 0.3) is 5.91 Å². The molecule has 0 fully saturated rings. The van der Waals surface area contributed by atoms with Crippen LogP contribution in [0.1, 0.15) is 10.5 Å². The van der Waals surface area contributed by atoms with E-state index >= 15 is 0 Å². The van der Waals surface area contributed by atoms with E-state index < -0.39 is 0 Å². The summed E-state index contributed by atoms with van der Waals surface area (Å²) < 4.78 is 2.07. The van der Waals surface area contributed by atoms with Gasteiger partial charge in [0.2, 0.25) is 0 Å². The molecule has 1 aliphatic heterocycles. The number of phenols is 1. The Morgan fingerprint density at radius 3 is 2.86 bits per heavy atom. The zero-order chi connectivity index (χ0) is 15.1. The minimum absolute atomic E-state index is 0.0471. The molecule has 2 aromatic heterocycles. The lowest BCUT2D eigenvalue weighted by atomic mass is 10.0. The number of aromatic hydroxyl groups is 1. The number of amides is 1. The second kappa shape index (κ2) is 5.03. The molecule has 1 aromatic carbocycles. The molecule has 5 heteroatoms. The molecule has 0 saturated heterocycles. The maximum Gasteiger partial charge on any atom is 0.268 e. The van der Waals surface area contributed by atoms with E-state index in [1.54, 1.807) is 23.5 Å². The van der Waals surface area contributed by atoms with E-state index in [1.807, 2.05) is 23.6 Å². The van der Waals surface area contributed by atoms with E-state index in [2.05, 4.69) is 21.3 Å². The summed E-state index contributed by atoms with van der Waals surface area (Å²) in [7, 11) is 0. The molecule has 4 nitrogen and oxygen atoms in total. The van der Waals surface area contributed by atoms with Crippen LogP contribution < -0.4 is 5.32 Å². The maximum absolute atomic E-state index is 12.1. The SMILES string of the molecule is O=C1NCCn2c1cc(-c1cccc(O)c1)c2-c1ccsc1. The highest BCUT2D eigenvalue weighted by Crippen LogP contribution is 2.37. The van der Waals surface area contributed by atoms with Gasteiger partial charge in [-0.15, -0.1) is 0 Å². The third kappa shape index (κ3) is 2.02. The standard InChI is InChI=1S/C17H14N2O2S/c20-13-3-1-2-11(8-13)14-9-15-17(21)18-5-6-19(15)16(14)12-4-7-22-10-12/h1-4,7-10,20H,5-6H2,(H,18,21). The van der Waals surface area contributed by atoms with E-state index in [0.717, 1.165) is 28.9 Å². The Hall–Kier alpha value is -2.53. The molecule has 0 atom stereocenters. The Bertz CT molecular complexity index is 850. The second-order valence-electron chi connectivity index (χ2n) is 5.26. The fraction of sp³-hybridized carbons (Fsp3) is 0.118. The number of nitrogens with zero attached hydrogens (tertiary/aromatic N) is 1. The van der Waals surface area contributed by atoms with Gasteiger partial charge in [0, 0.05) is 29.6 Å². The molecule has 0 saturated carbocycles. The number of rotatable bonds is 2. The van der Waals surface area contributed by atoms with Crippen LogP contribution in [0.15, 0.2) is 47.2 Å². The third-order valence-corrected chi connectivity index (χ3v) is 4.59. The monoisotopic (exact) mass is 310 g/mol. The van der Waals surface area contributed by atoms with E-state index in [4.69, 9.17) is 0 Å². The van der Waals surface area contributed by atoms with Crippen molar-refractivity contribution in [2.75, 3.05) is 6.54 Å². The largest absolute Gasteiger partial charge is 0.508 e. The number of aromatic nitrogens is 1. The number of nitrogens with one attached hydrogen (secondary N) is 1. The van der Waals surface area contributed by atoms with Crippen molar-refractivity contribution in [3.05, 3.63) is 52.9 Å². The quantitative estimate of drug-likeness (QED) is 0.763. The van der Waals surface area contributed by atoms with Crippen LogP contribution in [0.25, 0.3) is 22.4 Å². The van der Waals surface area contributed by atoms with Crippen molar-refractivity contribution in [3.8, 4) is 28.1 Å². The van der Waals surface area contributed by atoms with Crippen LogP contribution in [0.3, 0.4) is 0 Å². The summed E-state index contributed by atoms with van der Waals surface area (Å²) in [6.07, 6.45) is 0. The summed E-state index contributed by atoms with van der Waals surface area (Å²) in [5, 5.41) is 16.8. The molecule has 2 N–H and O–H groups in total. The third-order valence-electron chi connectivity index (χ3n) is 3.90. The number of fused-ring (bicyclic) bond motifs is 1. The first-order valence-electron chi connectivity index (χ1n) is 7.08. The molecule has 3 aromatic rings. The van der Waals surface area contributed by atoms with Crippen LogP contribution in [-0.2, 0) is 6.54 Å². The molecule has 0 radical (unpaired) electrons. The van der Waals surface area contributed by atoms with E-state index in [9.17, 15) is 9.90 Å². The smallest absolute Gasteiger partial charge is 0.268 e. The highest BCUT2D eigenvalue weighted by Gasteiger charge is 2.24. The molecular formula is C17H14N2O2S. The maximum atomic E-state index is 12.1. The van der Waals surface area contributed by atoms with E-state index in [0.29, 0.717) is 12.2 Å². The minimum atomic E-state index is -0.0471. The molecule has 3 heterocycles. The number of hydrogen-bond donors (Lipinski definition) is 2. The van der Waals surface area contributed by atoms with Crippen LogP contribution in [0.4, 0.5) is 0 Å². The van der Waals surface area contributed by atoms with Crippen molar-refractivity contribution >= 4 is 17.2 Å². The van der Waals surface area contributed by atoms with Crippen molar-refractivity contribution < 1.29 is 9.90 Å². The van der Waals surface area contributed by atoms with Gasteiger partial charge >= 0.3 is 0 Å². The van der Waals surface area contributed by atoms with Gasteiger partial charge in [-0.2, -0.15) is 11.3 Å². The first-order chi connectivity index (χ1) is 10.7. The molecule has 0 aliphatic carbocycles. The molecular weight excluding hydrogens is 296 g/mol. The highest BCUT2D eigenvalue weighted by molar-refractivity contribution is 7.08. The molecule has 1 aliphatic rings. The summed E-state index contributed by atoms with van der Waals surface area (Å²) in [4.78, 5) is 12.1. The summed E-state index contributed by atoms with van der Waals surface area (Å²) >= 11 is 1.63. The van der Waals surface area contributed by atoms with Gasteiger partial charge in [0.15, 0.2) is 0 Å². The Balaban J connectivity index is 2.00. The predicted octanol–water partition coefficient (Wildman–Crippen LogP) is 3.33. The zero-order valence-corrected chi connectivity index (χ0v) is 12.6. The van der Waals surface area contributed by atoms with Crippen molar-refractivity contribution in [3.63, 3.8) is 0 Å². The second-order valence-corrected chi connectivity index (χ2v) is 6.04. The highest BCUT2D eigenvalue weighted by atomic mass is 32.1. The van der Waals surface area contributed by atoms with Gasteiger partial charge in [-0.25, -0.2) is 0 Å². The molecule has 0 unspecified atom stereocenters. The van der Waals surface area contributed by atoms with Gasteiger partial charge in [0.05, 0.1) is 5.69 Å². The van der Waals surface area contributed by atoms with Crippen molar-refractivity contribution in [2.24, 2.45) is 0 Å². The van der Waals surface area contributed by atoms with Crippen LogP contribution >= 0.6 is 11.3 Å². The number of thiophene rings is 1. The lowest BCUT2D eigenvalue weighted by Gasteiger charge is -2.18. The molecule has 110 valence electrons. The molecule has 0 bridgehead atoms. The fourth-order valence-corrected chi connectivity index (χ4v) is 3.59. The van der Waals surface area contributed by atoms with Crippen LogP contribution in [0.2, 0.25) is 0 Å². The summed E-state index contributed by atoms with van der Waals surface area (Å²) in [6.45, 7) is 1.39. The Morgan fingerprint density at radius 1 is 1.18 bits per heavy atom.